The zero-order valence-corrected chi connectivity index (χ0v) is 15.5. The molecule has 1 aromatic carbocycles. The van der Waals surface area contributed by atoms with Crippen LogP contribution in [0.15, 0.2) is 42.6 Å². The Morgan fingerprint density at radius 3 is 2.59 bits per heavy atom. The monoisotopic (exact) mass is 367 g/mol. The zero-order valence-electron chi connectivity index (χ0n) is 15.5. The third-order valence-corrected chi connectivity index (χ3v) is 4.99. The average Bonchev–Trinajstić information content (AvgIpc) is 2.69. The largest absolute Gasteiger partial charge is 0.505 e. The Kier molecular flexibility index (Phi) is 6.06. The molecule has 1 fully saturated rings. The Morgan fingerprint density at radius 1 is 1.19 bits per heavy atom. The molecule has 27 heavy (non-hydrogen) atoms. The van der Waals surface area contributed by atoms with Crippen molar-refractivity contribution in [3.8, 4) is 5.75 Å². The van der Waals surface area contributed by atoms with Gasteiger partial charge in [-0.05, 0) is 43.4 Å². The maximum atomic E-state index is 12.4. The van der Waals surface area contributed by atoms with Crippen molar-refractivity contribution in [1.29, 1.82) is 0 Å². The number of piperidine rings is 1. The Hall–Kier alpha value is -2.89. The molecule has 6 heteroatoms. The maximum Gasteiger partial charge on any atom is 0.273 e. The molecule has 0 aliphatic carbocycles. The van der Waals surface area contributed by atoms with E-state index in [0.29, 0.717) is 37.9 Å². The lowest BCUT2D eigenvalue weighted by molar-refractivity contribution is -0.132. The van der Waals surface area contributed by atoms with E-state index in [9.17, 15) is 14.7 Å². The molecule has 1 saturated heterocycles. The van der Waals surface area contributed by atoms with Crippen LogP contribution in [0.4, 0.5) is 0 Å². The Morgan fingerprint density at radius 2 is 1.89 bits per heavy atom. The summed E-state index contributed by atoms with van der Waals surface area (Å²) in [5, 5.41) is 12.9. The van der Waals surface area contributed by atoms with Gasteiger partial charge in [0.15, 0.2) is 5.69 Å². The normalized spacial score (nSPS) is 14.8. The molecule has 0 atom stereocenters. The molecule has 2 N–H and O–H groups in total. The number of pyridine rings is 1. The Balaban J connectivity index is 1.46. The molecule has 1 aliphatic heterocycles. The number of amides is 2. The number of nitrogens with zero attached hydrogens (tertiary/aromatic N) is 2. The standard InChI is InChI=1S/C21H25N3O3/c1-15-9-12-22-19(20(15)26)21(27)23-17-10-13-24(14-11-17)18(25)8-7-16-5-3-2-4-6-16/h2-6,9,12,17,26H,7-8,10-11,13-14H2,1H3,(H,23,27). The zero-order chi connectivity index (χ0) is 19.2. The molecule has 2 aromatic rings. The summed E-state index contributed by atoms with van der Waals surface area (Å²) in [5.74, 6) is -0.296. The third kappa shape index (κ3) is 4.84. The first kappa shape index (κ1) is 18.9. The van der Waals surface area contributed by atoms with Crippen LogP contribution in [0, 0.1) is 6.92 Å². The van der Waals surface area contributed by atoms with Gasteiger partial charge in [0, 0.05) is 31.7 Å². The van der Waals surface area contributed by atoms with Crippen LogP contribution in [-0.2, 0) is 11.2 Å². The lowest BCUT2D eigenvalue weighted by Gasteiger charge is -2.32. The highest BCUT2D eigenvalue weighted by molar-refractivity contribution is 5.95. The highest BCUT2D eigenvalue weighted by Crippen LogP contribution is 2.20. The van der Waals surface area contributed by atoms with Crippen LogP contribution in [0.3, 0.4) is 0 Å². The molecule has 2 heterocycles. The lowest BCUT2D eigenvalue weighted by Crippen LogP contribution is -2.46. The number of aryl methyl sites for hydroxylation is 2. The molecule has 0 saturated carbocycles. The van der Waals surface area contributed by atoms with Gasteiger partial charge in [-0.25, -0.2) is 4.98 Å². The fraction of sp³-hybridized carbons (Fsp3) is 0.381. The van der Waals surface area contributed by atoms with Gasteiger partial charge in [0.25, 0.3) is 5.91 Å². The Labute approximate surface area is 159 Å². The third-order valence-electron chi connectivity index (χ3n) is 4.99. The van der Waals surface area contributed by atoms with Gasteiger partial charge in [-0.15, -0.1) is 0 Å². The van der Waals surface area contributed by atoms with E-state index in [-0.39, 0.29) is 29.3 Å². The average molecular weight is 367 g/mol. The molecule has 1 aliphatic rings. The number of benzene rings is 1. The molecule has 0 spiro atoms. The molecule has 3 rings (SSSR count). The van der Waals surface area contributed by atoms with Crippen LogP contribution in [-0.4, -0.2) is 45.9 Å². The van der Waals surface area contributed by atoms with Crippen LogP contribution >= 0.6 is 0 Å². The quantitative estimate of drug-likeness (QED) is 0.850. The fourth-order valence-electron chi connectivity index (χ4n) is 3.30. The van der Waals surface area contributed by atoms with Gasteiger partial charge >= 0.3 is 0 Å². The topological polar surface area (TPSA) is 82.5 Å². The summed E-state index contributed by atoms with van der Waals surface area (Å²) < 4.78 is 0. The number of rotatable bonds is 5. The summed E-state index contributed by atoms with van der Waals surface area (Å²) in [5.41, 5.74) is 1.84. The van der Waals surface area contributed by atoms with E-state index in [1.807, 2.05) is 35.2 Å². The van der Waals surface area contributed by atoms with E-state index in [1.54, 1.807) is 13.0 Å². The summed E-state index contributed by atoms with van der Waals surface area (Å²) in [6.07, 6.45) is 4.17. The van der Waals surface area contributed by atoms with Gasteiger partial charge in [-0.1, -0.05) is 30.3 Å². The van der Waals surface area contributed by atoms with E-state index >= 15 is 0 Å². The Bertz CT molecular complexity index is 800. The first-order chi connectivity index (χ1) is 13.0. The number of nitrogens with one attached hydrogen (secondary N) is 1. The van der Waals surface area contributed by atoms with Gasteiger partial charge < -0.3 is 15.3 Å². The maximum absolute atomic E-state index is 12.4. The van der Waals surface area contributed by atoms with Gasteiger partial charge in [0.05, 0.1) is 0 Å². The van der Waals surface area contributed by atoms with Gasteiger partial charge in [-0.2, -0.15) is 0 Å². The molecule has 0 radical (unpaired) electrons. The van der Waals surface area contributed by atoms with Gasteiger partial charge in [0.1, 0.15) is 5.75 Å². The number of carbonyl (C=O) groups is 2. The van der Waals surface area contributed by atoms with Crippen LogP contribution in [0.25, 0.3) is 0 Å². The van der Waals surface area contributed by atoms with Crippen LogP contribution < -0.4 is 5.32 Å². The van der Waals surface area contributed by atoms with Crippen molar-refractivity contribution in [2.24, 2.45) is 0 Å². The fourth-order valence-corrected chi connectivity index (χ4v) is 3.30. The predicted octanol–water partition coefficient (Wildman–Crippen LogP) is 2.45. The molecular weight excluding hydrogens is 342 g/mol. The van der Waals surface area contributed by atoms with Crippen molar-refractivity contribution in [3.63, 3.8) is 0 Å². The molecule has 142 valence electrons. The van der Waals surface area contributed by atoms with Crippen molar-refractivity contribution in [2.75, 3.05) is 13.1 Å². The van der Waals surface area contributed by atoms with Crippen LogP contribution in [0.1, 0.15) is 40.9 Å². The summed E-state index contributed by atoms with van der Waals surface area (Å²) in [6, 6.07) is 11.6. The molecule has 1 aromatic heterocycles. The second-order valence-electron chi connectivity index (χ2n) is 6.94. The number of aromatic nitrogens is 1. The second-order valence-corrected chi connectivity index (χ2v) is 6.94. The second kappa shape index (κ2) is 8.66. The SMILES string of the molecule is Cc1ccnc(C(=O)NC2CCN(C(=O)CCc3ccccc3)CC2)c1O. The number of aromatic hydroxyl groups is 1. The van der Waals surface area contributed by atoms with Crippen LogP contribution in [0.2, 0.25) is 0 Å². The summed E-state index contributed by atoms with van der Waals surface area (Å²) in [6.45, 7) is 2.99. The van der Waals surface area contributed by atoms with Gasteiger partial charge in [0.2, 0.25) is 5.91 Å². The molecule has 6 nitrogen and oxygen atoms in total. The van der Waals surface area contributed by atoms with Crippen molar-refractivity contribution in [3.05, 3.63) is 59.4 Å². The molecule has 0 bridgehead atoms. The van der Waals surface area contributed by atoms with Crippen LogP contribution in [0.5, 0.6) is 5.75 Å². The summed E-state index contributed by atoms with van der Waals surface area (Å²) in [4.78, 5) is 30.6. The highest BCUT2D eigenvalue weighted by Gasteiger charge is 2.25. The number of hydrogen-bond donors (Lipinski definition) is 2. The smallest absolute Gasteiger partial charge is 0.273 e. The minimum Gasteiger partial charge on any atom is -0.505 e. The van der Waals surface area contributed by atoms with Crippen molar-refractivity contribution < 1.29 is 14.7 Å². The van der Waals surface area contributed by atoms with E-state index in [1.165, 1.54) is 11.8 Å². The first-order valence-corrected chi connectivity index (χ1v) is 9.31. The minimum absolute atomic E-state index is 0.0163. The van der Waals surface area contributed by atoms with E-state index < -0.39 is 0 Å². The molecule has 2 amide bonds. The minimum atomic E-state index is -0.370. The summed E-state index contributed by atoms with van der Waals surface area (Å²) >= 11 is 0. The van der Waals surface area contributed by atoms with E-state index in [2.05, 4.69) is 10.3 Å². The number of hydrogen-bond acceptors (Lipinski definition) is 4. The number of carbonyl (C=O) groups excluding carboxylic acids is 2. The van der Waals surface area contributed by atoms with Crippen molar-refractivity contribution >= 4 is 11.8 Å². The molecule has 0 unspecified atom stereocenters. The first-order valence-electron chi connectivity index (χ1n) is 9.31. The summed E-state index contributed by atoms with van der Waals surface area (Å²) in [7, 11) is 0. The number of likely N-dealkylation sites (tertiary alicyclic amines) is 1. The molecular formula is C21H25N3O3. The van der Waals surface area contributed by atoms with E-state index in [4.69, 9.17) is 0 Å². The highest BCUT2D eigenvalue weighted by atomic mass is 16.3. The van der Waals surface area contributed by atoms with Crippen molar-refractivity contribution in [2.45, 2.75) is 38.6 Å². The van der Waals surface area contributed by atoms with E-state index in [0.717, 1.165) is 6.42 Å². The lowest BCUT2D eigenvalue weighted by atomic mass is 10.0. The van der Waals surface area contributed by atoms with Crippen molar-refractivity contribution in [1.82, 2.24) is 15.2 Å². The van der Waals surface area contributed by atoms with Gasteiger partial charge in [-0.3, -0.25) is 9.59 Å². The predicted molar refractivity (Wildman–Crippen MR) is 102 cm³/mol.